The molecule has 0 fully saturated rings. The van der Waals surface area contributed by atoms with Crippen molar-refractivity contribution >= 4 is 21.8 Å². The SMILES string of the molecule is C=CC(=O)NCCCN(C)S(=O)(=O)c1cc(C(=O)NCCc2ccccc2)co1. The van der Waals surface area contributed by atoms with Crippen LogP contribution in [0.15, 0.2) is 64.8 Å². The molecule has 1 aromatic heterocycles. The predicted molar refractivity (Wildman–Crippen MR) is 109 cm³/mol. The molecule has 0 bridgehead atoms. The third-order valence-electron chi connectivity index (χ3n) is 4.18. The van der Waals surface area contributed by atoms with Crippen LogP contribution in [0.25, 0.3) is 0 Å². The quantitative estimate of drug-likeness (QED) is 0.424. The van der Waals surface area contributed by atoms with Gasteiger partial charge in [-0.3, -0.25) is 9.59 Å². The average molecular weight is 420 g/mol. The summed E-state index contributed by atoms with van der Waals surface area (Å²) in [6.45, 7) is 4.26. The summed E-state index contributed by atoms with van der Waals surface area (Å²) in [6.07, 6.45) is 3.36. The van der Waals surface area contributed by atoms with E-state index >= 15 is 0 Å². The van der Waals surface area contributed by atoms with E-state index in [4.69, 9.17) is 4.42 Å². The van der Waals surface area contributed by atoms with Gasteiger partial charge in [-0.15, -0.1) is 0 Å². The molecule has 0 unspecified atom stereocenters. The Hall–Kier alpha value is -2.91. The number of carbonyl (C=O) groups is 2. The van der Waals surface area contributed by atoms with Crippen molar-refractivity contribution in [1.82, 2.24) is 14.9 Å². The van der Waals surface area contributed by atoms with Crippen LogP contribution < -0.4 is 10.6 Å². The Morgan fingerprint density at radius 1 is 1.17 bits per heavy atom. The lowest BCUT2D eigenvalue weighted by atomic mass is 10.1. The average Bonchev–Trinajstić information content (AvgIpc) is 3.22. The van der Waals surface area contributed by atoms with Crippen molar-refractivity contribution in [3.63, 3.8) is 0 Å². The number of benzene rings is 1. The predicted octanol–water partition coefficient (Wildman–Crippen LogP) is 1.56. The van der Waals surface area contributed by atoms with E-state index in [-0.39, 0.29) is 23.1 Å². The van der Waals surface area contributed by atoms with Gasteiger partial charge >= 0.3 is 0 Å². The Morgan fingerprint density at radius 2 is 1.90 bits per heavy atom. The standard InChI is InChI=1S/C20H25N3O5S/c1-3-18(24)21-11-7-13-23(2)29(26,27)19-14-17(15-28-19)20(25)22-12-10-16-8-5-4-6-9-16/h3-6,8-9,14-15H,1,7,10-13H2,2H3,(H,21,24)(H,22,25). The summed E-state index contributed by atoms with van der Waals surface area (Å²) < 4.78 is 31.3. The summed E-state index contributed by atoms with van der Waals surface area (Å²) in [5.74, 6) is -0.717. The van der Waals surface area contributed by atoms with Crippen molar-refractivity contribution in [2.24, 2.45) is 0 Å². The highest BCUT2D eigenvalue weighted by Gasteiger charge is 2.25. The Kier molecular flexibility index (Phi) is 8.17. The van der Waals surface area contributed by atoms with Gasteiger partial charge in [-0.1, -0.05) is 36.9 Å². The lowest BCUT2D eigenvalue weighted by molar-refractivity contribution is -0.116. The van der Waals surface area contributed by atoms with Crippen molar-refractivity contribution in [2.75, 3.05) is 26.7 Å². The number of amides is 2. The smallest absolute Gasteiger partial charge is 0.276 e. The Morgan fingerprint density at radius 3 is 2.59 bits per heavy atom. The topological polar surface area (TPSA) is 109 Å². The molecule has 2 amide bonds. The van der Waals surface area contributed by atoms with E-state index in [1.165, 1.54) is 13.1 Å². The number of rotatable bonds is 11. The molecular weight excluding hydrogens is 394 g/mol. The largest absolute Gasteiger partial charge is 0.451 e. The zero-order valence-corrected chi connectivity index (χ0v) is 17.1. The van der Waals surface area contributed by atoms with Gasteiger partial charge in [0.15, 0.2) is 0 Å². The summed E-state index contributed by atoms with van der Waals surface area (Å²) in [5.41, 5.74) is 1.23. The molecule has 29 heavy (non-hydrogen) atoms. The summed E-state index contributed by atoms with van der Waals surface area (Å²) in [5, 5.41) is 5.02. The summed E-state index contributed by atoms with van der Waals surface area (Å²) in [4.78, 5) is 23.3. The van der Waals surface area contributed by atoms with Crippen LogP contribution in [0.1, 0.15) is 22.3 Å². The highest BCUT2D eigenvalue weighted by Crippen LogP contribution is 2.18. The van der Waals surface area contributed by atoms with E-state index in [0.717, 1.165) is 22.2 Å². The second kappa shape index (κ2) is 10.6. The minimum Gasteiger partial charge on any atom is -0.451 e. The van der Waals surface area contributed by atoms with Gasteiger partial charge in [-0.2, -0.15) is 4.31 Å². The van der Waals surface area contributed by atoms with E-state index in [1.807, 2.05) is 30.3 Å². The Balaban J connectivity index is 1.86. The first-order valence-corrected chi connectivity index (χ1v) is 10.6. The molecule has 8 nitrogen and oxygen atoms in total. The molecule has 2 rings (SSSR count). The van der Waals surface area contributed by atoms with Crippen molar-refractivity contribution in [2.45, 2.75) is 17.9 Å². The van der Waals surface area contributed by atoms with Crippen LogP contribution in [-0.2, 0) is 21.2 Å². The monoisotopic (exact) mass is 419 g/mol. The fourth-order valence-corrected chi connectivity index (χ4v) is 3.62. The third kappa shape index (κ3) is 6.58. The first kappa shape index (κ1) is 22.4. The number of nitrogens with one attached hydrogen (secondary N) is 2. The maximum absolute atomic E-state index is 12.5. The van der Waals surface area contributed by atoms with Crippen LogP contribution in [-0.4, -0.2) is 51.2 Å². The Bertz CT molecular complexity index is 938. The number of carbonyl (C=O) groups excluding carboxylic acids is 2. The van der Waals surface area contributed by atoms with Crippen molar-refractivity contribution in [3.05, 3.63) is 66.4 Å². The first-order chi connectivity index (χ1) is 13.8. The van der Waals surface area contributed by atoms with Crippen LogP contribution in [0.4, 0.5) is 0 Å². The van der Waals surface area contributed by atoms with E-state index in [0.29, 0.717) is 25.9 Å². The molecule has 0 radical (unpaired) electrons. The summed E-state index contributed by atoms with van der Waals surface area (Å²) >= 11 is 0. The molecule has 2 aromatic rings. The highest BCUT2D eigenvalue weighted by molar-refractivity contribution is 7.89. The van der Waals surface area contributed by atoms with Crippen LogP contribution in [0, 0.1) is 0 Å². The van der Waals surface area contributed by atoms with Crippen LogP contribution in [0.5, 0.6) is 0 Å². The fourth-order valence-electron chi connectivity index (χ4n) is 2.50. The number of nitrogens with zero attached hydrogens (tertiary/aromatic N) is 1. The molecule has 0 aliphatic carbocycles. The molecule has 0 aliphatic rings. The molecule has 2 N–H and O–H groups in total. The van der Waals surface area contributed by atoms with Gasteiger partial charge in [0.05, 0.1) is 5.56 Å². The number of hydrogen-bond donors (Lipinski definition) is 2. The molecule has 0 saturated heterocycles. The fraction of sp³-hybridized carbons (Fsp3) is 0.300. The summed E-state index contributed by atoms with van der Waals surface area (Å²) in [7, 11) is -2.46. The van der Waals surface area contributed by atoms with Gasteiger partial charge in [0.2, 0.25) is 11.0 Å². The second-order valence-corrected chi connectivity index (χ2v) is 8.30. The minimum absolute atomic E-state index is 0.142. The Labute approximate surface area is 170 Å². The highest BCUT2D eigenvalue weighted by atomic mass is 32.2. The van der Waals surface area contributed by atoms with E-state index < -0.39 is 15.9 Å². The summed E-state index contributed by atoms with van der Waals surface area (Å²) in [6, 6.07) is 10.9. The number of furan rings is 1. The number of hydrogen-bond acceptors (Lipinski definition) is 5. The van der Waals surface area contributed by atoms with E-state index in [2.05, 4.69) is 17.2 Å². The molecule has 156 valence electrons. The van der Waals surface area contributed by atoms with Crippen molar-refractivity contribution < 1.29 is 22.4 Å². The first-order valence-electron chi connectivity index (χ1n) is 9.12. The van der Waals surface area contributed by atoms with Gasteiger partial charge in [0.1, 0.15) is 6.26 Å². The van der Waals surface area contributed by atoms with E-state index in [9.17, 15) is 18.0 Å². The van der Waals surface area contributed by atoms with Crippen LogP contribution in [0.3, 0.4) is 0 Å². The van der Waals surface area contributed by atoms with Gasteiger partial charge in [0, 0.05) is 32.7 Å². The van der Waals surface area contributed by atoms with Gasteiger partial charge in [-0.25, -0.2) is 8.42 Å². The molecule has 0 atom stereocenters. The van der Waals surface area contributed by atoms with Gasteiger partial charge < -0.3 is 15.1 Å². The number of sulfonamides is 1. The normalized spacial score (nSPS) is 11.2. The molecule has 1 aromatic carbocycles. The molecule has 0 saturated carbocycles. The lowest BCUT2D eigenvalue weighted by Crippen LogP contribution is -2.31. The zero-order valence-electron chi connectivity index (χ0n) is 16.3. The van der Waals surface area contributed by atoms with E-state index in [1.54, 1.807) is 0 Å². The zero-order chi connectivity index (χ0) is 21.3. The maximum Gasteiger partial charge on any atom is 0.276 e. The molecular formula is C20H25N3O5S. The van der Waals surface area contributed by atoms with Gasteiger partial charge in [0.25, 0.3) is 15.9 Å². The second-order valence-electron chi connectivity index (χ2n) is 6.32. The maximum atomic E-state index is 12.5. The minimum atomic E-state index is -3.87. The molecule has 0 spiro atoms. The van der Waals surface area contributed by atoms with Gasteiger partial charge in [-0.05, 0) is 24.5 Å². The molecule has 1 heterocycles. The van der Waals surface area contributed by atoms with Crippen LogP contribution in [0.2, 0.25) is 0 Å². The third-order valence-corrected chi connectivity index (χ3v) is 5.90. The molecule has 0 aliphatic heterocycles. The lowest BCUT2D eigenvalue weighted by Gasteiger charge is -2.15. The van der Waals surface area contributed by atoms with Crippen molar-refractivity contribution in [3.8, 4) is 0 Å². The molecule has 9 heteroatoms. The van der Waals surface area contributed by atoms with Crippen LogP contribution >= 0.6 is 0 Å². The van der Waals surface area contributed by atoms with Crippen molar-refractivity contribution in [1.29, 1.82) is 0 Å².